The predicted octanol–water partition coefficient (Wildman–Crippen LogP) is 15.4. The lowest BCUT2D eigenvalue weighted by Crippen LogP contribution is -2.33. The first-order chi connectivity index (χ1) is 32.6. The van der Waals surface area contributed by atoms with Gasteiger partial charge in [-0.15, -0.1) is 0 Å². The molecule has 0 aliphatic carbocycles. The van der Waals surface area contributed by atoms with Crippen LogP contribution in [0.1, 0.15) is 286 Å². The van der Waals surface area contributed by atoms with Gasteiger partial charge in [-0.05, 0) is 135 Å². The summed E-state index contributed by atoms with van der Waals surface area (Å²) in [6.45, 7) is 18.6. The average molecular weight is 952 g/mol. The first-order valence-corrected chi connectivity index (χ1v) is 28.9. The number of carboxylic acid groups (broad SMARTS) is 1. The van der Waals surface area contributed by atoms with Crippen LogP contribution in [0.4, 0.5) is 0 Å². The summed E-state index contributed by atoms with van der Waals surface area (Å²) < 4.78 is 17.2. The van der Waals surface area contributed by atoms with Crippen molar-refractivity contribution in [2.24, 2.45) is 0 Å². The second-order valence-electron chi connectivity index (χ2n) is 19.8. The van der Waals surface area contributed by atoms with E-state index in [0.717, 1.165) is 174 Å². The van der Waals surface area contributed by atoms with Gasteiger partial charge in [-0.2, -0.15) is 0 Å². The molecule has 0 radical (unpaired) electrons. The predicted molar refractivity (Wildman–Crippen MR) is 280 cm³/mol. The largest absolute Gasteiger partial charge is 0.481 e. The first-order valence-electron chi connectivity index (χ1n) is 28.9. The lowest BCUT2D eigenvalue weighted by molar-refractivity contribution is -0.150. The molecule has 0 aliphatic heterocycles. The second-order valence-corrected chi connectivity index (χ2v) is 19.8. The smallest absolute Gasteiger partial charge is 0.306 e. The number of rotatable bonds is 52. The molecular formula is C57H110N2O8. The summed E-state index contributed by atoms with van der Waals surface area (Å²) in [5, 5.41) is 9.48. The molecule has 3 atom stereocenters. The number of nitrogens with zero attached hydrogens (tertiary/aromatic N) is 2. The minimum Gasteiger partial charge on any atom is -0.481 e. The molecule has 0 rings (SSSR count). The zero-order chi connectivity index (χ0) is 49.4. The summed E-state index contributed by atoms with van der Waals surface area (Å²) in [5.41, 5.74) is 0. The maximum Gasteiger partial charge on any atom is 0.306 e. The summed E-state index contributed by atoms with van der Waals surface area (Å²) in [5.74, 6) is -0.835. The molecule has 0 aromatic heterocycles. The van der Waals surface area contributed by atoms with Gasteiger partial charge < -0.3 is 29.1 Å². The Morgan fingerprint density at radius 2 is 0.597 bits per heavy atom. The van der Waals surface area contributed by atoms with Gasteiger partial charge in [-0.25, -0.2) is 0 Å². The molecule has 0 heterocycles. The molecule has 0 fully saturated rings. The van der Waals surface area contributed by atoms with Crippen molar-refractivity contribution in [1.82, 2.24) is 9.80 Å². The van der Waals surface area contributed by atoms with Gasteiger partial charge in [0.2, 0.25) is 0 Å². The second kappa shape index (κ2) is 48.8. The van der Waals surface area contributed by atoms with Crippen LogP contribution in [-0.4, -0.2) is 96.4 Å². The van der Waals surface area contributed by atoms with Crippen molar-refractivity contribution in [1.29, 1.82) is 0 Å². The van der Waals surface area contributed by atoms with Crippen molar-refractivity contribution in [2.75, 3.05) is 39.3 Å². The van der Waals surface area contributed by atoms with Crippen LogP contribution in [0.3, 0.4) is 0 Å². The molecule has 0 aromatic rings. The minimum atomic E-state index is -0.734. The normalized spacial score (nSPS) is 13.0. The molecule has 1 N–H and O–H groups in total. The lowest BCUT2D eigenvalue weighted by atomic mass is 10.1. The Kier molecular flexibility index (Phi) is 47.2. The first kappa shape index (κ1) is 64.8. The number of esters is 3. The van der Waals surface area contributed by atoms with E-state index in [9.17, 15) is 24.3 Å². The SMILES string of the molecule is CCCCCC(CC)OC(=O)CCCCCCCCN(CCCCCCCCC(=O)OC(CC)CCCCC)CCCN(CCCCCCCCC(=O)OC(CC)CCCCC)CCC(=O)O. The van der Waals surface area contributed by atoms with Crippen LogP contribution in [0.2, 0.25) is 0 Å². The van der Waals surface area contributed by atoms with Crippen molar-refractivity contribution in [2.45, 2.75) is 304 Å². The van der Waals surface area contributed by atoms with Crippen LogP contribution in [0.25, 0.3) is 0 Å². The van der Waals surface area contributed by atoms with E-state index >= 15 is 0 Å². The van der Waals surface area contributed by atoms with E-state index in [2.05, 4.69) is 51.3 Å². The number of aliphatic carboxylic acids is 1. The van der Waals surface area contributed by atoms with Crippen LogP contribution in [-0.2, 0) is 33.4 Å². The third-order valence-corrected chi connectivity index (χ3v) is 13.6. The molecular weight excluding hydrogens is 841 g/mol. The van der Waals surface area contributed by atoms with E-state index in [1.807, 2.05) is 0 Å². The molecule has 0 aliphatic rings. The fourth-order valence-electron chi connectivity index (χ4n) is 9.02. The zero-order valence-corrected chi connectivity index (χ0v) is 45.0. The monoisotopic (exact) mass is 951 g/mol. The molecule has 10 nitrogen and oxygen atoms in total. The van der Waals surface area contributed by atoms with E-state index in [4.69, 9.17) is 14.2 Å². The topological polar surface area (TPSA) is 123 Å². The van der Waals surface area contributed by atoms with E-state index < -0.39 is 5.97 Å². The van der Waals surface area contributed by atoms with Gasteiger partial charge in [-0.3, -0.25) is 19.2 Å². The number of carbonyl (C=O) groups is 4. The third-order valence-electron chi connectivity index (χ3n) is 13.6. The van der Waals surface area contributed by atoms with Crippen molar-refractivity contribution in [3.63, 3.8) is 0 Å². The van der Waals surface area contributed by atoms with Crippen LogP contribution >= 0.6 is 0 Å². The zero-order valence-electron chi connectivity index (χ0n) is 45.0. The number of unbranched alkanes of at least 4 members (excludes halogenated alkanes) is 21. The molecule has 0 spiro atoms. The highest BCUT2D eigenvalue weighted by Crippen LogP contribution is 2.17. The Hall–Kier alpha value is -2.20. The molecule has 396 valence electrons. The van der Waals surface area contributed by atoms with Gasteiger partial charge in [0, 0.05) is 25.8 Å². The molecule has 10 heteroatoms. The van der Waals surface area contributed by atoms with Gasteiger partial charge in [-0.1, -0.05) is 157 Å². The van der Waals surface area contributed by atoms with Gasteiger partial charge in [0.15, 0.2) is 0 Å². The summed E-state index contributed by atoms with van der Waals surface area (Å²) in [7, 11) is 0. The Bertz CT molecular complexity index is 1090. The fraction of sp³-hybridized carbons (Fsp3) is 0.930. The Morgan fingerprint density at radius 3 is 0.881 bits per heavy atom. The van der Waals surface area contributed by atoms with Crippen LogP contribution < -0.4 is 0 Å². The van der Waals surface area contributed by atoms with Gasteiger partial charge in [0.25, 0.3) is 0 Å². The maximum absolute atomic E-state index is 12.4. The number of hydrogen-bond donors (Lipinski definition) is 1. The van der Waals surface area contributed by atoms with Crippen LogP contribution in [0.15, 0.2) is 0 Å². The van der Waals surface area contributed by atoms with Gasteiger partial charge >= 0.3 is 23.9 Å². The average Bonchev–Trinajstić information content (AvgIpc) is 3.31. The molecule has 3 unspecified atom stereocenters. The molecule has 67 heavy (non-hydrogen) atoms. The maximum atomic E-state index is 12.4. The quantitative estimate of drug-likeness (QED) is 0.0358. The molecule has 0 saturated carbocycles. The summed E-state index contributed by atoms with van der Waals surface area (Å²) in [6.07, 6.45) is 39.0. The third kappa shape index (κ3) is 43.6. The highest BCUT2D eigenvalue weighted by molar-refractivity contribution is 5.70. The van der Waals surface area contributed by atoms with E-state index in [1.54, 1.807) is 0 Å². The number of ether oxygens (including phenoxy) is 3. The summed E-state index contributed by atoms with van der Waals surface area (Å²) in [4.78, 5) is 53.7. The Labute approximate surface area is 413 Å². The van der Waals surface area contributed by atoms with E-state index in [-0.39, 0.29) is 42.6 Å². The minimum absolute atomic E-state index is 0.0284. The lowest BCUT2D eigenvalue weighted by Gasteiger charge is -2.26. The Balaban J connectivity index is 4.80. The van der Waals surface area contributed by atoms with Crippen molar-refractivity contribution in [3.8, 4) is 0 Å². The van der Waals surface area contributed by atoms with Crippen LogP contribution in [0, 0.1) is 0 Å². The van der Waals surface area contributed by atoms with E-state index in [0.29, 0.717) is 25.8 Å². The van der Waals surface area contributed by atoms with Crippen molar-refractivity contribution >= 4 is 23.9 Å². The summed E-state index contributed by atoms with van der Waals surface area (Å²) in [6, 6.07) is 0. The van der Waals surface area contributed by atoms with Crippen LogP contribution in [0.5, 0.6) is 0 Å². The van der Waals surface area contributed by atoms with E-state index in [1.165, 1.54) is 77.0 Å². The highest BCUT2D eigenvalue weighted by Gasteiger charge is 2.15. The molecule has 0 amide bonds. The summed E-state index contributed by atoms with van der Waals surface area (Å²) >= 11 is 0. The molecule has 0 bridgehead atoms. The molecule has 0 aromatic carbocycles. The fourth-order valence-corrected chi connectivity index (χ4v) is 9.02. The van der Waals surface area contributed by atoms with Gasteiger partial charge in [0.1, 0.15) is 18.3 Å². The van der Waals surface area contributed by atoms with Gasteiger partial charge in [0.05, 0.1) is 6.42 Å². The number of hydrogen-bond acceptors (Lipinski definition) is 9. The van der Waals surface area contributed by atoms with Crippen molar-refractivity contribution in [3.05, 3.63) is 0 Å². The Morgan fingerprint density at radius 1 is 0.328 bits per heavy atom. The highest BCUT2D eigenvalue weighted by atomic mass is 16.6. The molecule has 0 saturated heterocycles. The standard InChI is InChI=1S/C57H110N2O8/c1-7-13-28-38-51(10-4)65-55(62)41-31-22-16-19-25-34-45-58(46-35-26-20-17-23-32-42-56(63)66-52(11-5)39-29-14-8-2)48-37-49-59(50-44-54(60)61)47-36-27-21-18-24-33-43-57(64)67-53(12-6)40-30-15-9-3/h51-53H,7-50H2,1-6H3,(H,60,61). The number of carbonyl (C=O) groups excluding carboxylic acids is 3. The van der Waals surface area contributed by atoms with Crippen molar-refractivity contribution < 1.29 is 38.5 Å². The number of carboxylic acids is 1.